The van der Waals surface area contributed by atoms with Gasteiger partial charge in [0, 0.05) is 18.9 Å². The molecular weight excluding hydrogens is 184 g/mol. The van der Waals surface area contributed by atoms with Crippen molar-refractivity contribution in [3.05, 3.63) is 0 Å². The van der Waals surface area contributed by atoms with Crippen LogP contribution in [0.15, 0.2) is 0 Å². The molecule has 4 heteroatoms. The van der Waals surface area contributed by atoms with Crippen molar-refractivity contribution in [2.24, 2.45) is 5.41 Å². The summed E-state index contributed by atoms with van der Waals surface area (Å²) in [7, 11) is 2.94. The highest BCUT2D eigenvalue weighted by Crippen LogP contribution is 2.63. The maximum atomic E-state index is 11.5. The van der Waals surface area contributed by atoms with Crippen molar-refractivity contribution in [2.45, 2.75) is 37.4 Å². The SMILES string of the molecule is COC(=O)C1(O)CC(OC)C12CCC2. The quantitative estimate of drug-likeness (QED) is 0.659. The monoisotopic (exact) mass is 200 g/mol. The number of hydrogen-bond donors (Lipinski definition) is 1. The molecule has 2 aliphatic rings. The molecule has 0 aromatic heterocycles. The highest BCUT2D eigenvalue weighted by molar-refractivity contribution is 5.82. The number of methoxy groups -OCH3 is 2. The molecule has 1 N–H and O–H groups in total. The highest BCUT2D eigenvalue weighted by Gasteiger charge is 2.72. The first kappa shape index (κ1) is 9.93. The Morgan fingerprint density at radius 1 is 1.43 bits per heavy atom. The molecule has 2 atom stereocenters. The van der Waals surface area contributed by atoms with Gasteiger partial charge in [0.15, 0.2) is 5.60 Å². The first-order valence-electron chi connectivity index (χ1n) is 4.94. The van der Waals surface area contributed by atoms with Gasteiger partial charge in [0.25, 0.3) is 0 Å². The molecule has 80 valence electrons. The third-order valence-electron chi connectivity index (χ3n) is 3.97. The molecule has 1 spiro atoms. The number of esters is 1. The zero-order valence-electron chi connectivity index (χ0n) is 8.58. The van der Waals surface area contributed by atoms with E-state index in [1.54, 1.807) is 7.11 Å². The summed E-state index contributed by atoms with van der Waals surface area (Å²) in [6, 6.07) is 0. The van der Waals surface area contributed by atoms with Crippen LogP contribution in [0.25, 0.3) is 0 Å². The van der Waals surface area contributed by atoms with Gasteiger partial charge in [-0.25, -0.2) is 4.79 Å². The van der Waals surface area contributed by atoms with E-state index < -0.39 is 11.6 Å². The Labute approximate surface area is 83.2 Å². The molecule has 4 nitrogen and oxygen atoms in total. The van der Waals surface area contributed by atoms with E-state index in [2.05, 4.69) is 4.74 Å². The number of carbonyl (C=O) groups is 1. The largest absolute Gasteiger partial charge is 0.467 e. The molecule has 0 saturated heterocycles. The van der Waals surface area contributed by atoms with E-state index in [9.17, 15) is 9.90 Å². The van der Waals surface area contributed by atoms with Gasteiger partial charge in [0.2, 0.25) is 0 Å². The summed E-state index contributed by atoms with van der Waals surface area (Å²) in [6.45, 7) is 0. The minimum atomic E-state index is -1.29. The lowest BCUT2D eigenvalue weighted by molar-refractivity contribution is -0.279. The first-order chi connectivity index (χ1) is 6.60. The van der Waals surface area contributed by atoms with Gasteiger partial charge in [-0.2, -0.15) is 0 Å². The van der Waals surface area contributed by atoms with E-state index in [0.717, 1.165) is 19.3 Å². The Hall–Kier alpha value is -0.610. The minimum Gasteiger partial charge on any atom is -0.467 e. The van der Waals surface area contributed by atoms with Gasteiger partial charge in [-0.15, -0.1) is 0 Å². The second-order valence-corrected chi connectivity index (χ2v) is 4.29. The van der Waals surface area contributed by atoms with Crippen LogP contribution in [-0.4, -0.2) is 37.0 Å². The first-order valence-corrected chi connectivity index (χ1v) is 4.94. The molecule has 0 aliphatic heterocycles. The molecular formula is C10H16O4. The molecule has 2 aliphatic carbocycles. The maximum Gasteiger partial charge on any atom is 0.338 e. The number of ether oxygens (including phenoxy) is 2. The molecule has 2 saturated carbocycles. The molecule has 0 radical (unpaired) electrons. The van der Waals surface area contributed by atoms with E-state index in [1.165, 1.54) is 7.11 Å². The third kappa shape index (κ3) is 0.880. The van der Waals surface area contributed by atoms with Crippen LogP contribution in [0, 0.1) is 5.41 Å². The molecule has 14 heavy (non-hydrogen) atoms. The average molecular weight is 200 g/mol. The molecule has 0 heterocycles. The topological polar surface area (TPSA) is 55.8 Å². The van der Waals surface area contributed by atoms with E-state index in [-0.39, 0.29) is 11.5 Å². The van der Waals surface area contributed by atoms with Gasteiger partial charge in [-0.3, -0.25) is 0 Å². The highest BCUT2D eigenvalue weighted by atomic mass is 16.5. The van der Waals surface area contributed by atoms with Crippen LogP contribution in [0.5, 0.6) is 0 Å². The van der Waals surface area contributed by atoms with Crippen molar-refractivity contribution in [3.8, 4) is 0 Å². The molecule has 2 rings (SSSR count). The predicted molar refractivity (Wildman–Crippen MR) is 48.7 cm³/mol. The summed E-state index contributed by atoms with van der Waals surface area (Å²) in [5.41, 5.74) is -1.64. The molecule has 0 amide bonds. The predicted octanol–water partition coefficient (Wildman–Crippen LogP) is 0.479. The van der Waals surface area contributed by atoms with Crippen molar-refractivity contribution >= 4 is 5.97 Å². The Morgan fingerprint density at radius 3 is 2.43 bits per heavy atom. The summed E-state index contributed by atoms with van der Waals surface area (Å²) in [5.74, 6) is -0.509. The summed E-state index contributed by atoms with van der Waals surface area (Å²) >= 11 is 0. The summed E-state index contributed by atoms with van der Waals surface area (Å²) in [6.07, 6.45) is 3.16. The lowest BCUT2D eigenvalue weighted by atomic mass is 9.45. The Morgan fingerprint density at radius 2 is 2.07 bits per heavy atom. The van der Waals surface area contributed by atoms with Crippen molar-refractivity contribution in [3.63, 3.8) is 0 Å². The van der Waals surface area contributed by atoms with Crippen molar-refractivity contribution < 1.29 is 19.4 Å². The van der Waals surface area contributed by atoms with E-state index >= 15 is 0 Å². The van der Waals surface area contributed by atoms with Crippen molar-refractivity contribution in [1.29, 1.82) is 0 Å². The van der Waals surface area contributed by atoms with E-state index in [4.69, 9.17) is 4.74 Å². The molecule has 2 unspecified atom stereocenters. The van der Waals surface area contributed by atoms with E-state index in [0.29, 0.717) is 6.42 Å². The lowest BCUT2D eigenvalue weighted by Crippen LogP contribution is -2.73. The maximum absolute atomic E-state index is 11.5. The van der Waals surface area contributed by atoms with Gasteiger partial charge >= 0.3 is 5.97 Å². The molecule has 0 bridgehead atoms. The van der Waals surface area contributed by atoms with Crippen LogP contribution in [0.4, 0.5) is 0 Å². The third-order valence-corrected chi connectivity index (χ3v) is 3.97. The van der Waals surface area contributed by atoms with Gasteiger partial charge in [0.05, 0.1) is 13.2 Å². The van der Waals surface area contributed by atoms with Crippen LogP contribution in [0.1, 0.15) is 25.7 Å². The van der Waals surface area contributed by atoms with Crippen LogP contribution < -0.4 is 0 Å². The minimum absolute atomic E-state index is 0.0142. The fourth-order valence-electron chi connectivity index (χ4n) is 2.86. The fourth-order valence-corrected chi connectivity index (χ4v) is 2.86. The zero-order valence-corrected chi connectivity index (χ0v) is 8.58. The standard InChI is InChI=1S/C10H16O4/c1-13-7-6-10(12,8(11)14-2)9(7)4-3-5-9/h7,12H,3-6H2,1-2H3. The fraction of sp³-hybridized carbons (Fsp3) is 0.900. The van der Waals surface area contributed by atoms with Gasteiger partial charge in [0.1, 0.15) is 0 Å². The van der Waals surface area contributed by atoms with Crippen molar-refractivity contribution in [1.82, 2.24) is 0 Å². The summed E-state index contributed by atoms with van der Waals surface area (Å²) in [5, 5.41) is 10.2. The Kier molecular flexibility index (Phi) is 2.08. The van der Waals surface area contributed by atoms with Crippen LogP contribution in [0.2, 0.25) is 0 Å². The molecule has 0 aromatic carbocycles. The van der Waals surface area contributed by atoms with Crippen molar-refractivity contribution in [2.75, 3.05) is 14.2 Å². The molecule has 2 fully saturated rings. The molecule has 0 aromatic rings. The summed E-state index contributed by atoms with van der Waals surface area (Å²) < 4.78 is 9.90. The second-order valence-electron chi connectivity index (χ2n) is 4.29. The number of hydrogen-bond acceptors (Lipinski definition) is 4. The van der Waals surface area contributed by atoms with Gasteiger partial charge in [-0.1, -0.05) is 6.42 Å². The number of aliphatic hydroxyl groups is 1. The Balaban J connectivity index is 2.19. The second kappa shape index (κ2) is 2.94. The van der Waals surface area contributed by atoms with Crippen LogP contribution in [-0.2, 0) is 14.3 Å². The van der Waals surface area contributed by atoms with Crippen LogP contribution in [0.3, 0.4) is 0 Å². The van der Waals surface area contributed by atoms with Gasteiger partial charge < -0.3 is 14.6 Å². The number of carbonyl (C=O) groups excluding carboxylic acids is 1. The Bertz CT molecular complexity index is 259. The van der Waals surface area contributed by atoms with Gasteiger partial charge in [-0.05, 0) is 12.8 Å². The number of rotatable bonds is 2. The summed E-state index contributed by atoms with van der Waals surface area (Å²) in [4.78, 5) is 11.5. The average Bonchev–Trinajstić information content (AvgIpc) is 2.09. The normalized spacial score (nSPS) is 38.6. The zero-order chi connectivity index (χ0) is 10.4. The smallest absolute Gasteiger partial charge is 0.338 e. The van der Waals surface area contributed by atoms with Crippen LogP contribution >= 0.6 is 0 Å². The lowest BCUT2D eigenvalue weighted by Gasteiger charge is -2.63. The van der Waals surface area contributed by atoms with E-state index in [1.807, 2.05) is 0 Å².